The van der Waals surface area contributed by atoms with Gasteiger partial charge in [0.15, 0.2) is 17.1 Å². The highest BCUT2D eigenvalue weighted by atomic mass is 16.5. The van der Waals surface area contributed by atoms with Crippen LogP contribution < -0.4 is 19.1 Å². The Morgan fingerprint density at radius 2 is 1.57 bits per heavy atom. The van der Waals surface area contributed by atoms with Crippen LogP contribution in [0.3, 0.4) is 0 Å². The van der Waals surface area contributed by atoms with Gasteiger partial charge in [-0.05, 0) is 43.0 Å². The Bertz CT molecular complexity index is 1650. The molecule has 0 atom stereocenters. The van der Waals surface area contributed by atoms with Crippen molar-refractivity contribution < 1.29 is 14.2 Å². The van der Waals surface area contributed by atoms with Crippen molar-refractivity contribution >= 4 is 22.2 Å². The number of fused-ring (bicyclic) bond motifs is 2. The zero-order chi connectivity index (χ0) is 27.6. The van der Waals surface area contributed by atoms with Crippen LogP contribution in [0.4, 0.5) is 5.82 Å². The van der Waals surface area contributed by atoms with Gasteiger partial charge in [-0.2, -0.15) is 9.61 Å². The van der Waals surface area contributed by atoms with Gasteiger partial charge in [0.05, 0.1) is 19.9 Å². The van der Waals surface area contributed by atoms with Crippen molar-refractivity contribution in [1.29, 1.82) is 0 Å². The average molecular weight is 538 g/mol. The fourth-order valence-electron chi connectivity index (χ4n) is 5.59. The first-order valence-corrected chi connectivity index (χ1v) is 13.7. The highest BCUT2D eigenvalue weighted by Gasteiger charge is 2.23. The number of hydrogen-bond donors (Lipinski definition) is 0. The monoisotopic (exact) mass is 537 g/mol. The Morgan fingerprint density at radius 3 is 2.38 bits per heavy atom. The lowest BCUT2D eigenvalue weighted by Crippen LogP contribution is -2.48. The van der Waals surface area contributed by atoms with Gasteiger partial charge in [-0.25, -0.2) is 4.98 Å². The smallest absolute Gasteiger partial charge is 0.165 e. The number of aromatic nitrogens is 3. The van der Waals surface area contributed by atoms with Gasteiger partial charge < -0.3 is 19.1 Å². The van der Waals surface area contributed by atoms with Gasteiger partial charge >= 0.3 is 0 Å². The molecule has 3 aromatic carbocycles. The lowest BCUT2D eigenvalue weighted by molar-refractivity contribution is 0.201. The fourth-order valence-corrected chi connectivity index (χ4v) is 5.59. The predicted octanol–water partition coefficient (Wildman–Crippen LogP) is 5.38. The summed E-state index contributed by atoms with van der Waals surface area (Å²) in [7, 11) is 3.30. The first-order chi connectivity index (χ1) is 19.6. The van der Waals surface area contributed by atoms with Gasteiger partial charge in [-0.3, -0.25) is 4.90 Å². The third-order valence-corrected chi connectivity index (χ3v) is 7.66. The van der Waals surface area contributed by atoms with E-state index >= 15 is 0 Å². The molecule has 0 unspecified atom stereocenters. The van der Waals surface area contributed by atoms with E-state index in [-0.39, 0.29) is 0 Å². The van der Waals surface area contributed by atoms with E-state index in [1.54, 1.807) is 14.2 Å². The predicted molar refractivity (Wildman–Crippen MR) is 159 cm³/mol. The van der Waals surface area contributed by atoms with Crippen molar-refractivity contribution in [3.05, 3.63) is 78.1 Å². The molecule has 0 bridgehead atoms. The number of anilines is 1. The standard InChI is InChI=1S/C32H35N5O3/c1-22-20-30(37-32(33-22)31(23(2)34-37)25-12-13-28(38-3)29(21-25)39-4)36-16-14-35(15-17-36)18-19-40-27-11-7-9-24-8-5-6-10-26(24)27/h5-13,20-21H,14-19H2,1-4H3. The zero-order valence-corrected chi connectivity index (χ0v) is 23.6. The summed E-state index contributed by atoms with van der Waals surface area (Å²) in [5, 5.41) is 7.30. The van der Waals surface area contributed by atoms with Crippen LogP contribution in [0, 0.1) is 13.8 Å². The summed E-state index contributed by atoms with van der Waals surface area (Å²) < 4.78 is 19.2. The summed E-state index contributed by atoms with van der Waals surface area (Å²) in [5.74, 6) is 3.41. The van der Waals surface area contributed by atoms with E-state index in [0.29, 0.717) is 18.1 Å². The van der Waals surface area contributed by atoms with Crippen LogP contribution in [-0.2, 0) is 0 Å². The quantitative estimate of drug-likeness (QED) is 0.263. The van der Waals surface area contributed by atoms with Gasteiger partial charge in [-0.1, -0.05) is 42.5 Å². The van der Waals surface area contributed by atoms with Crippen LogP contribution in [0.1, 0.15) is 11.4 Å². The van der Waals surface area contributed by atoms with Crippen molar-refractivity contribution in [2.75, 3.05) is 58.5 Å². The second-order valence-corrected chi connectivity index (χ2v) is 10.2. The highest BCUT2D eigenvalue weighted by molar-refractivity contribution is 5.88. The van der Waals surface area contributed by atoms with Crippen molar-refractivity contribution in [2.24, 2.45) is 0 Å². The van der Waals surface area contributed by atoms with Gasteiger partial charge in [-0.15, -0.1) is 0 Å². The number of ether oxygens (including phenoxy) is 3. The van der Waals surface area contributed by atoms with Crippen molar-refractivity contribution in [3.63, 3.8) is 0 Å². The third kappa shape index (κ3) is 4.91. The molecule has 1 saturated heterocycles. The summed E-state index contributed by atoms with van der Waals surface area (Å²) >= 11 is 0. The molecule has 1 aliphatic rings. The second-order valence-electron chi connectivity index (χ2n) is 10.2. The minimum atomic E-state index is 0.666. The maximum atomic E-state index is 6.20. The number of aryl methyl sites for hydroxylation is 2. The molecule has 5 aromatic rings. The maximum Gasteiger partial charge on any atom is 0.165 e. The lowest BCUT2D eigenvalue weighted by atomic mass is 10.1. The molecule has 0 radical (unpaired) electrons. The largest absolute Gasteiger partial charge is 0.493 e. The Balaban J connectivity index is 1.17. The normalized spacial score (nSPS) is 14.2. The van der Waals surface area contributed by atoms with E-state index < -0.39 is 0 Å². The first kappa shape index (κ1) is 26.0. The van der Waals surface area contributed by atoms with Gasteiger partial charge in [0, 0.05) is 55.4 Å². The topological polar surface area (TPSA) is 64.4 Å². The van der Waals surface area contributed by atoms with Crippen LogP contribution in [-0.4, -0.2) is 73.0 Å². The van der Waals surface area contributed by atoms with E-state index in [0.717, 1.165) is 77.8 Å². The molecule has 0 N–H and O–H groups in total. The molecule has 0 amide bonds. The molecule has 2 aromatic heterocycles. The number of piperazine rings is 1. The SMILES string of the molecule is COc1ccc(-c2c(C)nn3c(N4CCN(CCOc5cccc6ccccc56)CC4)cc(C)nc23)cc1OC. The summed E-state index contributed by atoms with van der Waals surface area (Å²) in [6, 6.07) is 22.7. The molecule has 1 fully saturated rings. The molecule has 1 aliphatic heterocycles. The van der Waals surface area contributed by atoms with Crippen LogP contribution in [0.2, 0.25) is 0 Å². The molecule has 206 valence electrons. The Kier molecular flexibility index (Phi) is 7.17. The minimum Gasteiger partial charge on any atom is -0.493 e. The Labute approximate surface area is 234 Å². The molecule has 6 rings (SSSR count). The molecule has 3 heterocycles. The van der Waals surface area contributed by atoms with E-state index in [1.807, 2.05) is 36.6 Å². The summed E-state index contributed by atoms with van der Waals surface area (Å²) in [6.45, 7) is 9.40. The van der Waals surface area contributed by atoms with Gasteiger partial charge in [0.25, 0.3) is 0 Å². The average Bonchev–Trinajstić information content (AvgIpc) is 3.32. The van der Waals surface area contributed by atoms with Crippen LogP contribution in [0.15, 0.2) is 66.7 Å². The van der Waals surface area contributed by atoms with Crippen LogP contribution >= 0.6 is 0 Å². The number of rotatable bonds is 8. The van der Waals surface area contributed by atoms with Crippen molar-refractivity contribution in [3.8, 4) is 28.4 Å². The summed E-state index contributed by atoms with van der Waals surface area (Å²) in [6.07, 6.45) is 0. The van der Waals surface area contributed by atoms with Crippen LogP contribution in [0.5, 0.6) is 17.2 Å². The number of methoxy groups -OCH3 is 2. The van der Waals surface area contributed by atoms with Crippen LogP contribution in [0.25, 0.3) is 27.5 Å². The lowest BCUT2D eigenvalue weighted by Gasteiger charge is -2.36. The van der Waals surface area contributed by atoms with Gasteiger partial charge in [0.2, 0.25) is 0 Å². The Morgan fingerprint density at radius 1 is 0.800 bits per heavy atom. The summed E-state index contributed by atoms with van der Waals surface area (Å²) in [5.41, 5.74) is 4.76. The molecule has 0 spiro atoms. The highest BCUT2D eigenvalue weighted by Crippen LogP contribution is 2.36. The number of hydrogen-bond acceptors (Lipinski definition) is 7. The molecular weight excluding hydrogens is 502 g/mol. The molecule has 0 aliphatic carbocycles. The number of nitrogens with zero attached hydrogens (tertiary/aromatic N) is 5. The van der Waals surface area contributed by atoms with E-state index in [9.17, 15) is 0 Å². The number of benzene rings is 3. The van der Waals surface area contributed by atoms with E-state index in [1.165, 1.54) is 5.39 Å². The molecule has 8 nitrogen and oxygen atoms in total. The molecule has 40 heavy (non-hydrogen) atoms. The van der Waals surface area contributed by atoms with Gasteiger partial charge in [0.1, 0.15) is 18.2 Å². The van der Waals surface area contributed by atoms with Crippen molar-refractivity contribution in [2.45, 2.75) is 13.8 Å². The minimum absolute atomic E-state index is 0.666. The fraction of sp³-hybridized carbons (Fsp3) is 0.312. The maximum absolute atomic E-state index is 6.20. The van der Waals surface area contributed by atoms with E-state index in [2.05, 4.69) is 58.3 Å². The van der Waals surface area contributed by atoms with Crippen molar-refractivity contribution in [1.82, 2.24) is 19.5 Å². The third-order valence-electron chi connectivity index (χ3n) is 7.66. The molecule has 8 heteroatoms. The Hall–Kier alpha value is -4.30. The molecule has 0 saturated carbocycles. The summed E-state index contributed by atoms with van der Waals surface area (Å²) in [4.78, 5) is 9.79. The molecular formula is C32H35N5O3. The first-order valence-electron chi connectivity index (χ1n) is 13.7. The zero-order valence-electron chi connectivity index (χ0n) is 23.6. The second kappa shape index (κ2) is 11.1. The van der Waals surface area contributed by atoms with E-state index in [4.69, 9.17) is 24.3 Å².